The fourth-order valence-corrected chi connectivity index (χ4v) is 2.63. The Balaban J connectivity index is 2.09. The first kappa shape index (κ1) is 17.4. The first-order valence-electron chi connectivity index (χ1n) is 6.69. The Labute approximate surface area is 148 Å². The maximum Gasteiger partial charge on any atom is 0.187 e. The van der Waals surface area contributed by atoms with Crippen LogP contribution in [0.1, 0.15) is 10.4 Å². The number of hydrogen-bond acceptors (Lipinski definition) is 4. The van der Waals surface area contributed by atoms with Crippen LogP contribution < -0.4 is 14.8 Å². The molecule has 0 bridgehead atoms. The van der Waals surface area contributed by atoms with Crippen LogP contribution >= 0.6 is 27.5 Å². The fraction of sp³-hybridized carbons (Fsp3) is 0.118. The Morgan fingerprint density at radius 3 is 2.52 bits per heavy atom. The van der Waals surface area contributed by atoms with Crippen molar-refractivity contribution in [3.05, 3.63) is 63.7 Å². The van der Waals surface area contributed by atoms with Crippen molar-refractivity contribution >= 4 is 39.0 Å². The SMILES string of the molecule is COc1ccc(C(=O)/C=C\Nc2ccc(Br)cc2Cl)cc1OC. The van der Waals surface area contributed by atoms with Gasteiger partial charge in [-0.15, -0.1) is 0 Å². The zero-order valence-electron chi connectivity index (χ0n) is 12.6. The summed E-state index contributed by atoms with van der Waals surface area (Å²) in [5, 5.41) is 3.54. The van der Waals surface area contributed by atoms with Crippen LogP contribution in [0.25, 0.3) is 0 Å². The molecule has 2 rings (SSSR count). The van der Waals surface area contributed by atoms with Gasteiger partial charge in [0.1, 0.15) is 0 Å². The molecule has 0 fully saturated rings. The number of allylic oxidation sites excluding steroid dienone is 1. The second-order valence-corrected chi connectivity index (χ2v) is 5.86. The quantitative estimate of drug-likeness (QED) is 0.555. The van der Waals surface area contributed by atoms with Crippen molar-refractivity contribution in [1.82, 2.24) is 0 Å². The predicted molar refractivity (Wildman–Crippen MR) is 95.8 cm³/mol. The lowest BCUT2D eigenvalue weighted by atomic mass is 10.1. The highest BCUT2D eigenvalue weighted by Gasteiger charge is 2.08. The van der Waals surface area contributed by atoms with Crippen LogP contribution in [0.5, 0.6) is 11.5 Å². The predicted octanol–water partition coefficient (Wildman–Crippen LogP) is 4.93. The summed E-state index contributed by atoms with van der Waals surface area (Å²) in [5.41, 5.74) is 1.22. The van der Waals surface area contributed by atoms with Gasteiger partial charge in [0.15, 0.2) is 17.3 Å². The number of nitrogens with one attached hydrogen (secondary N) is 1. The minimum Gasteiger partial charge on any atom is -0.493 e. The van der Waals surface area contributed by atoms with Crippen LogP contribution in [0.4, 0.5) is 5.69 Å². The molecular formula is C17H15BrClNO3. The van der Waals surface area contributed by atoms with Crippen LogP contribution in [0.3, 0.4) is 0 Å². The molecule has 0 saturated heterocycles. The Morgan fingerprint density at radius 1 is 1.13 bits per heavy atom. The van der Waals surface area contributed by atoms with Crippen LogP contribution in [0.15, 0.2) is 53.1 Å². The van der Waals surface area contributed by atoms with Crippen molar-refractivity contribution in [2.24, 2.45) is 0 Å². The monoisotopic (exact) mass is 395 g/mol. The molecular weight excluding hydrogens is 382 g/mol. The maximum atomic E-state index is 12.2. The number of halogens is 2. The van der Waals surface area contributed by atoms with Gasteiger partial charge in [0.2, 0.25) is 0 Å². The topological polar surface area (TPSA) is 47.6 Å². The number of ether oxygens (including phenoxy) is 2. The van der Waals surface area contributed by atoms with E-state index in [1.54, 1.807) is 37.6 Å². The number of carbonyl (C=O) groups is 1. The normalized spacial score (nSPS) is 10.6. The number of anilines is 1. The van der Waals surface area contributed by atoms with Gasteiger partial charge < -0.3 is 14.8 Å². The van der Waals surface area contributed by atoms with Gasteiger partial charge in [0.25, 0.3) is 0 Å². The summed E-state index contributed by atoms with van der Waals surface area (Å²) in [7, 11) is 3.07. The summed E-state index contributed by atoms with van der Waals surface area (Å²) in [6.07, 6.45) is 2.98. The average Bonchev–Trinajstić information content (AvgIpc) is 2.56. The van der Waals surface area contributed by atoms with Gasteiger partial charge in [-0.3, -0.25) is 4.79 Å². The number of hydrogen-bond donors (Lipinski definition) is 1. The second kappa shape index (κ2) is 8.04. The molecule has 2 aromatic carbocycles. The van der Waals surface area contributed by atoms with Crippen molar-refractivity contribution in [2.75, 3.05) is 19.5 Å². The van der Waals surface area contributed by atoms with E-state index in [2.05, 4.69) is 21.2 Å². The zero-order chi connectivity index (χ0) is 16.8. The molecule has 0 atom stereocenters. The van der Waals surface area contributed by atoms with E-state index in [9.17, 15) is 4.79 Å². The molecule has 0 radical (unpaired) electrons. The van der Waals surface area contributed by atoms with Gasteiger partial charge in [0, 0.05) is 22.3 Å². The van der Waals surface area contributed by atoms with E-state index in [0.29, 0.717) is 27.8 Å². The van der Waals surface area contributed by atoms with E-state index in [1.165, 1.54) is 13.2 Å². The summed E-state index contributed by atoms with van der Waals surface area (Å²) >= 11 is 9.43. The number of rotatable bonds is 6. The largest absolute Gasteiger partial charge is 0.493 e. The Kier molecular flexibility index (Phi) is 6.07. The maximum absolute atomic E-state index is 12.2. The molecule has 2 aromatic rings. The van der Waals surface area contributed by atoms with Gasteiger partial charge in [-0.1, -0.05) is 27.5 Å². The Morgan fingerprint density at radius 2 is 1.87 bits per heavy atom. The smallest absolute Gasteiger partial charge is 0.187 e. The zero-order valence-corrected chi connectivity index (χ0v) is 14.9. The van der Waals surface area contributed by atoms with Gasteiger partial charge in [-0.25, -0.2) is 0 Å². The molecule has 0 heterocycles. The molecule has 120 valence electrons. The number of methoxy groups -OCH3 is 2. The van der Waals surface area contributed by atoms with E-state index >= 15 is 0 Å². The average molecular weight is 397 g/mol. The molecule has 0 aliphatic carbocycles. The third kappa shape index (κ3) is 4.50. The molecule has 0 aliphatic rings. The lowest BCUT2D eigenvalue weighted by Gasteiger charge is -2.08. The fourth-order valence-electron chi connectivity index (χ4n) is 1.90. The number of benzene rings is 2. The van der Waals surface area contributed by atoms with Crippen molar-refractivity contribution < 1.29 is 14.3 Å². The van der Waals surface area contributed by atoms with E-state index in [0.717, 1.165) is 4.47 Å². The van der Waals surface area contributed by atoms with Gasteiger partial charge in [-0.05, 0) is 36.4 Å². The van der Waals surface area contributed by atoms with Crippen molar-refractivity contribution in [3.8, 4) is 11.5 Å². The van der Waals surface area contributed by atoms with Crippen LogP contribution in [0, 0.1) is 0 Å². The van der Waals surface area contributed by atoms with Gasteiger partial charge in [-0.2, -0.15) is 0 Å². The number of carbonyl (C=O) groups excluding carboxylic acids is 1. The van der Waals surface area contributed by atoms with E-state index in [-0.39, 0.29) is 5.78 Å². The molecule has 4 nitrogen and oxygen atoms in total. The molecule has 23 heavy (non-hydrogen) atoms. The first-order chi connectivity index (χ1) is 11.0. The van der Waals surface area contributed by atoms with Crippen molar-refractivity contribution in [1.29, 1.82) is 0 Å². The van der Waals surface area contributed by atoms with E-state index in [4.69, 9.17) is 21.1 Å². The minimum absolute atomic E-state index is 0.160. The lowest BCUT2D eigenvalue weighted by molar-refractivity contribution is 0.104. The van der Waals surface area contributed by atoms with Gasteiger partial charge in [0.05, 0.1) is 24.9 Å². The summed E-state index contributed by atoms with van der Waals surface area (Å²) in [4.78, 5) is 12.2. The highest BCUT2D eigenvalue weighted by Crippen LogP contribution is 2.28. The molecule has 0 aliphatic heterocycles. The van der Waals surface area contributed by atoms with E-state index < -0.39 is 0 Å². The van der Waals surface area contributed by atoms with E-state index in [1.807, 2.05) is 12.1 Å². The molecule has 0 unspecified atom stereocenters. The highest BCUT2D eigenvalue weighted by atomic mass is 79.9. The molecule has 0 saturated carbocycles. The van der Waals surface area contributed by atoms with Gasteiger partial charge >= 0.3 is 0 Å². The highest BCUT2D eigenvalue weighted by molar-refractivity contribution is 9.10. The number of ketones is 1. The summed E-state index contributed by atoms with van der Waals surface area (Å²) < 4.78 is 11.2. The van der Waals surface area contributed by atoms with Crippen LogP contribution in [0.2, 0.25) is 5.02 Å². The Hall–Kier alpha value is -1.98. The Bertz CT molecular complexity index is 747. The summed E-state index contributed by atoms with van der Waals surface area (Å²) in [6, 6.07) is 10.5. The van der Waals surface area contributed by atoms with Crippen molar-refractivity contribution in [3.63, 3.8) is 0 Å². The minimum atomic E-state index is -0.160. The molecule has 6 heteroatoms. The lowest BCUT2D eigenvalue weighted by Crippen LogP contribution is -1.99. The first-order valence-corrected chi connectivity index (χ1v) is 7.86. The second-order valence-electron chi connectivity index (χ2n) is 4.54. The standard InChI is InChI=1S/C17H15BrClNO3/c1-22-16-6-3-11(9-17(16)23-2)15(21)7-8-20-14-5-4-12(18)10-13(14)19/h3-10,20H,1-2H3/b8-7-. The van der Waals surface area contributed by atoms with Crippen LogP contribution in [-0.2, 0) is 0 Å². The molecule has 0 spiro atoms. The third-order valence-corrected chi connectivity index (χ3v) is 3.88. The van der Waals surface area contributed by atoms with Crippen LogP contribution in [-0.4, -0.2) is 20.0 Å². The summed E-state index contributed by atoms with van der Waals surface area (Å²) in [5.74, 6) is 0.926. The summed E-state index contributed by atoms with van der Waals surface area (Å²) in [6.45, 7) is 0. The molecule has 0 aromatic heterocycles. The molecule has 0 amide bonds. The molecule has 1 N–H and O–H groups in total. The third-order valence-electron chi connectivity index (χ3n) is 3.07. The van der Waals surface area contributed by atoms with Crippen molar-refractivity contribution in [2.45, 2.75) is 0 Å².